The summed E-state index contributed by atoms with van der Waals surface area (Å²) in [5.74, 6) is 0.312. The number of amides is 1. The third-order valence-electron chi connectivity index (χ3n) is 5.52. The zero-order valence-electron chi connectivity index (χ0n) is 21.6. The number of ether oxygens (including phenoxy) is 1. The number of unbranched alkanes of at least 4 members (excludes halogenated alkanes) is 2. The first-order valence-electron chi connectivity index (χ1n) is 12.6. The van der Waals surface area contributed by atoms with Crippen LogP contribution in [0.15, 0.2) is 58.7 Å². The third kappa shape index (κ3) is 8.25. The molecule has 0 saturated carbocycles. The zero-order chi connectivity index (χ0) is 26.5. The van der Waals surface area contributed by atoms with Gasteiger partial charge < -0.3 is 20.4 Å². The highest BCUT2D eigenvalue weighted by Crippen LogP contribution is 2.36. The van der Waals surface area contributed by atoms with E-state index in [1.165, 1.54) is 32.0 Å². The van der Waals surface area contributed by atoms with Crippen LogP contribution in [0.5, 0.6) is 0 Å². The molecule has 0 atom stereocenters. The largest absolute Gasteiger partial charge is 0.450 e. The first-order chi connectivity index (χ1) is 18.0. The molecule has 1 amide bonds. The number of nitrogens with zero attached hydrogens (tertiary/aromatic N) is 3. The van der Waals surface area contributed by atoms with Gasteiger partial charge in [0.25, 0.3) is 0 Å². The fourth-order valence-electron chi connectivity index (χ4n) is 3.70. The second kappa shape index (κ2) is 14.5. The molecule has 3 heterocycles. The molecule has 0 saturated heterocycles. The van der Waals surface area contributed by atoms with Gasteiger partial charge in [0.1, 0.15) is 0 Å². The van der Waals surface area contributed by atoms with E-state index in [0.717, 1.165) is 40.2 Å². The van der Waals surface area contributed by atoms with Gasteiger partial charge in [-0.15, -0.1) is 0 Å². The van der Waals surface area contributed by atoms with Crippen molar-refractivity contribution in [2.24, 2.45) is 4.99 Å². The quantitative estimate of drug-likeness (QED) is 0.335. The molecule has 0 fully saturated rings. The van der Waals surface area contributed by atoms with Gasteiger partial charge in [-0.2, -0.15) is 0 Å². The number of carbonyl (C=O) groups excluding carboxylic acids is 1. The van der Waals surface area contributed by atoms with E-state index in [4.69, 9.17) is 4.74 Å². The number of anilines is 1. The molecule has 0 bridgehead atoms. The summed E-state index contributed by atoms with van der Waals surface area (Å²) in [6.45, 7) is 9.04. The van der Waals surface area contributed by atoms with Crippen LogP contribution < -0.4 is 21.6 Å². The number of nitrogens with one attached hydrogen (secondary N) is 4. The van der Waals surface area contributed by atoms with E-state index < -0.39 is 11.8 Å². The Balaban J connectivity index is 0.000000414. The van der Waals surface area contributed by atoms with Gasteiger partial charge in [0.15, 0.2) is 0 Å². The average Bonchev–Trinajstić information content (AvgIpc) is 2.92. The van der Waals surface area contributed by atoms with Gasteiger partial charge in [-0.1, -0.05) is 32.8 Å². The van der Waals surface area contributed by atoms with Crippen molar-refractivity contribution in [2.75, 3.05) is 25.0 Å². The number of aromatic nitrogens is 3. The lowest BCUT2D eigenvalue weighted by atomic mass is 9.96. The Labute approximate surface area is 217 Å². The lowest BCUT2D eigenvalue weighted by molar-refractivity contribution is 0.157. The standard InChI is InChI=1S/C20H18N6O3.C7H17N/c1-2-29-20(28)26-18-22-9-13-7-12(14-10-23-19(27)24-11-14)8-15(17(13)25-18)16-5-3-4-6-21-16;1-3-5-6-7-8-4-2/h3-8,10-11H,2,9H2,1H3,(H,23,24,27)(H2,22,25,26,28);8H,3-7H2,1-2H3. The van der Waals surface area contributed by atoms with Crippen LogP contribution in [0, 0.1) is 0 Å². The fourth-order valence-corrected chi connectivity index (χ4v) is 3.70. The molecule has 0 aliphatic carbocycles. The van der Waals surface area contributed by atoms with Crippen LogP contribution in [0.25, 0.3) is 22.4 Å². The molecular formula is C27H35N7O3. The van der Waals surface area contributed by atoms with E-state index in [1.807, 2.05) is 30.3 Å². The summed E-state index contributed by atoms with van der Waals surface area (Å²) >= 11 is 0. The maximum absolute atomic E-state index is 11.7. The minimum atomic E-state index is -0.572. The molecule has 1 aliphatic rings. The Bertz CT molecular complexity index is 1220. The van der Waals surface area contributed by atoms with E-state index in [2.05, 4.69) is 49.7 Å². The Morgan fingerprint density at radius 1 is 1.11 bits per heavy atom. The SMILES string of the molecule is CCCCCNCC.CCOC(=O)NC1=NCc2cc(-c3cnc(=O)[nH]c3)cc(-c3ccccn3)c2N1. The summed E-state index contributed by atoms with van der Waals surface area (Å²) in [5.41, 5.74) is 4.54. The van der Waals surface area contributed by atoms with Crippen molar-refractivity contribution in [1.29, 1.82) is 0 Å². The molecule has 196 valence electrons. The summed E-state index contributed by atoms with van der Waals surface area (Å²) < 4.78 is 4.91. The predicted molar refractivity (Wildman–Crippen MR) is 147 cm³/mol. The average molecular weight is 506 g/mol. The Morgan fingerprint density at radius 3 is 2.65 bits per heavy atom. The van der Waals surface area contributed by atoms with E-state index in [1.54, 1.807) is 19.3 Å². The Hall–Kier alpha value is -4.05. The van der Waals surface area contributed by atoms with Crippen molar-refractivity contribution in [1.82, 2.24) is 25.6 Å². The molecule has 0 spiro atoms. The fraction of sp³-hybridized carbons (Fsp3) is 0.370. The summed E-state index contributed by atoms with van der Waals surface area (Å²) in [6.07, 6.45) is 8.31. The molecule has 1 aromatic carbocycles. The van der Waals surface area contributed by atoms with Crippen molar-refractivity contribution in [3.63, 3.8) is 0 Å². The highest BCUT2D eigenvalue weighted by Gasteiger charge is 2.20. The van der Waals surface area contributed by atoms with Crippen molar-refractivity contribution >= 4 is 17.7 Å². The normalized spacial score (nSPS) is 11.8. The van der Waals surface area contributed by atoms with Gasteiger partial charge in [-0.05, 0) is 61.8 Å². The number of benzene rings is 1. The van der Waals surface area contributed by atoms with Gasteiger partial charge in [0, 0.05) is 29.7 Å². The minimum Gasteiger partial charge on any atom is -0.450 e. The van der Waals surface area contributed by atoms with Crippen LogP contribution in [0.3, 0.4) is 0 Å². The van der Waals surface area contributed by atoms with Crippen LogP contribution in [-0.4, -0.2) is 46.7 Å². The maximum Gasteiger partial charge on any atom is 0.413 e. The van der Waals surface area contributed by atoms with Crippen LogP contribution >= 0.6 is 0 Å². The summed E-state index contributed by atoms with van der Waals surface area (Å²) in [7, 11) is 0. The zero-order valence-corrected chi connectivity index (χ0v) is 21.6. The number of aliphatic imine (C=N–C) groups is 1. The van der Waals surface area contributed by atoms with E-state index >= 15 is 0 Å². The molecule has 10 heteroatoms. The van der Waals surface area contributed by atoms with E-state index in [0.29, 0.717) is 12.5 Å². The van der Waals surface area contributed by atoms with Crippen LogP contribution in [-0.2, 0) is 11.3 Å². The van der Waals surface area contributed by atoms with Crippen LogP contribution in [0.1, 0.15) is 45.6 Å². The maximum atomic E-state index is 11.7. The molecular weight excluding hydrogens is 470 g/mol. The highest BCUT2D eigenvalue weighted by molar-refractivity contribution is 6.06. The molecule has 37 heavy (non-hydrogen) atoms. The molecule has 10 nitrogen and oxygen atoms in total. The molecule has 4 N–H and O–H groups in total. The second-order valence-corrected chi connectivity index (χ2v) is 8.28. The Morgan fingerprint density at radius 2 is 1.97 bits per heavy atom. The van der Waals surface area contributed by atoms with Crippen molar-refractivity contribution in [3.8, 4) is 22.4 Å². The topological polar surface area (TPSA) is 133 Å². The van der Waals surface area contributed by atoms with Crippen molar-refractivity contribution < 1.29 is 9.53 Å². The highest BCUT2D eigenvalue weighted by atomic mass is 16.5. The first-order valence-corrected chi connectivity index (χ1v) is 12.6. The number of fused-ring (bicyclic) bond motifs is 1. The van der Waals surface area contributed by atoms with Crippen LogP contribution in [0.4, 0.5) is 10.5 Å². The monoisotopic (exact) mass is 505 g/mol. The summed E-state index contributed by atoms with van der Waals surface area (Å²) in [6, 6.07) is 9.56. The number of guanidine groups is 1. The summed E-state index contributed by atoms with van der Waals surface area (Å²) in [5, 5.41) is 9.05. The van der Waals surface area contributed by atoms with Gasteiger partial charge in [-0.3, -0.25) is 10.3 Å². The van der Waals surface area contributed by atoms with Crippen LogP contribution in [0.2, 0.25) is 0 Å². The minimum absolute atomic E-state index is 0.269. The predicted octanol–water partition coefficient (Wildman–Crippen LogP) is 4.31. The number of carbonyl (C=O) groups is 1. The van der Waals surface area contributed by atoms with Gasteiger partial charge >= 0.3 is 11.8 Å². The van der Waals surface area contributed by atoms with Crippen molar-refractivity contribution in [2.45, 2.75) is 46.6 Å². The lowest BCUT2D eigenvalue weighted by Crippen LogP contribution is -2.38. The number of hydrogen-bond acceptors (Lipinski definition) is 8. The number of alkyl carbamates (subject to hydrolysis) is 1. The number of hydrogen-bond donors (Lipinski definition) is 4. The first kappa shape index (κ1) is 27.5. The summed E-state index contributed by atoms with van der Waals surface area (Å²) in [4.78, 5) is 38.3. The van der Waals surface area contributed by atoms with Gasteiger partial charge in [0.2, 0.25) is 5.96 Å². The van der Waals surface area contributed by atoms with E-state index in [9.17, 15) is 9.59 Å². The molecule has 0 radical (unpaired) electrons. The number of pyridine rings is 1. The Kier molecular flexibility index (Phi) is 10.8. The van der Waals surface area contributed by atoms with Crippen molar-refractivity contribution in [3.05, 3.63) is 65.0 Å². The van der Waals surface area contributed by atoms with E-state index in [-0.39, 0.29) is 6.61 Å². The molecule has 0 unspecified atom stereocenters. The molecule has 3 aromatic rings. The van der Waals surface area contributed by atoms with Gasteiger partial charge in [0.05, 0.1) is 24.5 Å². The molecule has 2 aromatic heterocycles. The third-order valence-corrected chi connectivity index (χ3v) is 5.52. The number of aromatic amines is 1. The van der Waals surface area contributed by atoms with Gasteiger partial charge in [-0.25, -0.2) is 19.6 Å². The smallest absolute Gasteiger partial charge is 0.413 e. The number of rotatable bonds is 8. The molecule has 4 rings (SSSR count). The lowest BCUT2D eigenvalue weighted by Gasteiger charge is -2.22. The second-order valence-electron chi connectivity index (χ2n) is 8.28. The number of H-pyrrole nitrogens is 1. The molecule has 1 aliphatic heterocycles.